The SMILES string of the molecule is CCCC(F)(F)C(O)CCC[C@@H]1C=CC(=O)[C@@H]1C/C=C\CCCC(=O)OC. The summed E-state index contributed by atoms with van der Waals surface area (Å²) in [5.41, 5.74) is 0. The van der Waals surface area contributed by atoms with Gasteiger partial charge in [0.2, 0.25) is 0 Å². The van der Waals surface area contributed by atoms with E-state index < -0.39 is 12.0 Å². The number of hydrogen-bond acceptors (Lipinski definition) is 4. The Bertz CT molecular complexity index is 528. The van der Waals surface area contributed by atoms with Gasteiger partial charge in [-0.3, -0.25) is 9.59 Å². The van der Waals surface area contributed by atoms with Gasteiger partial charge < -0.3 is 9.84 Å². The second-order valence-electron chi connectivity index (χ2n) is 7.17. The molecule has 0 aromatic heterocycles. The third-order valence-corrected chi connectivity index (χ3v) is 5.01. The lowest BCUT2D eigenvalue weighted by Gasteiger charge is -2.23. The number of rotatable bonds is 13. The van der Waals surface area contributed by atoms with Crippen LogP contribution in [0.1, 0.15) is 64.7 Å². The van der Waals surface area contributed by atoms with Gasteiger partial charge in [-0.2, -0.15) is 0 Å². The Labute approximate surface area is 160 Å². The minimum Gasteiger partial charge on any atom is -0.469 e. The van der Waals surface area contributed by atoms with Crippen LogP contribution in [0, 0.1) is 11.8 Å². The third kappa shape index (κ3) is 8.33. The molecule has 1 aliphatic carbocycles. The molecule has 1 rings (SSSR count). The molecule has 154 valence electrons. The number of alkyl halides is 2. The number of ketones is 1. The quantitative estimate of drug-likeness (QED) is 0.285. The summed E-state index contributed by atoms with van der Waals surface area (Å²) in [5, 5.41) is 9.70. The number of aliphatic hydroxyl groups is 1. The highest BCUT2D eigenvalue weighted by Gasteiger charge is 2.37. The lowest BCUT2D eigenvalue weighted by molar-refractivity contribution is -0.140. The Morgan fingerprint density at radius 2 is 2.11 bits per heavy atom. The van der Waals surface area contributed by atoms with Gasteiger partial charge in [-0.25, -0.2) is 8.78 Å². The van der Waals surface area contributed by atoms with Crippen molar-refractivity contribution in [3.63, 3.8) is 0 Å². The van der Waals surface area contributed by atoms with E-state index in [-0.39, 0.29) is 36.4 Å². The molecule has 0 bridgehead atoms. The first-order chi connectivity index (χ1) is 12.8. The van der Waals surface area contributed by atoms with Crippen LogP contribution in [0.4, 0.5) is 8.78 Å². The van der Waals surface area contributed by atoms with Crippen LogP contribution in [0.25, 0.3) is 0 Å². The Kier molecular flexibility index (Phi) is 10.4. The molecule has 0 aliphatic heterocycles. The molecule has 0 fully saturated rings. The largest absolute Gasteiger partial charge is 0.469 e. The molecule has 0 spiro atoms. The normalized spacial score (nSPS) is 21.1. The number of halogens is 2. The van der Waals surface area contributed by atoms with Gasteiger partial charge in [0, 0.05) is 18.8 Å². The summed E-state index contributed by atoms with van der Waals surface area (Å²) < 4.78 is 31.9. The summed E-state index contributed by atoms with van der Waals surface area (Å²) in [6.07, 6.45) is 9.28. The fourth-order valence-corrected chi connectivity index (χ4v) is 3.36. The van der Waals surface area contributed by atoms with Crippen LogP contribution in [0.15, 0.2) is 24.3 Å². The number of esters is 1. The van der Waals surface area contributed by atoms with Gasteiger partial charge in [0.25, 0.3) is 5.92 Å². The van der Waals surface area contributed by atoms with Crippen LogP contribution >= 0.6 is 0 Å². The van der Waals surface area contributed by atoms with Crippen molar-refractivity contribution in [3.05, 3.63) is 24.3 Å². The fourth-order valence-electron chi connectivity index (χ4n) is 3.36. The zero-order chi connectivity index (χ0) is 20.3. The highest BCUT2D eigenvalue weighted by molar-refractivity contribution is 5.94. The van der Waals surface area contributed by atoms with Crippen molar-refractivity contribution in [2.75, 3.05) is 7.11 Å². The average Bonchev–Trinajstić information content (AvgIpc) is 2.97. The second-order valence-corrected chi connectivity index (χ2v) is 7.17. The molecule has 1 N–H and O–H groups in total. The summed E-state index contributed by atoms with van der Waals surface area (Å²) >= 11 is 0. The summed E-state index contributed by atoms with van der Waals surface area (Å²) in [6.45, 7) is 1.67. The molecule has 0 saturated heterocycles. The molecule has 0 saturated carbocycles. The number of methoxy groups -OCH3 is 1. The van der Waals surface area contributed by atoms with Crippen LogP contribution in [0.5, 0.6) is 0 Å². The van der Waals surface area contributed by atoms with Crippen LogP contribution < -0.4 is 0 Å². The van der Waals surface area contributed by atoms with Crippen LogP contribution in [-0.4, -0.2) is 36.0 Å². The van der Waals surface area contributed by atoms with Crippen molar-refractivity contribution in [2.24, 2.45) is 11.8 Å². The first kappa shape index (κ1) is 23.5. The van der Waals surface area contributed by atoms with Crippen molar-refractivity contribution in [3.8, 4) is 0 Å². The summed E-state index contributed by atoms with van der Waals surface area (Å²) in [4.78, 5) is 23.0. The molecular formula is C21H32F2O4. The van der Waals surface area contributed by atoms with Crippen molar-refractivity contribution in [1.82, 2.24) is 0 Å². The maximum Gasteiger partial charge on any atom is 0.305 e. The van der Waals surface area contributed by atoms with E-state index >= 15 is 0 Å². The van der Waals surface area contributed by atoms with E-state index in [1.165, 1.54) is 7.11 Å². The van der Waals surface area contributed by atoms with Crippen LogP contribution in [0.2, 0.25) is 0 Å². The smallest absolute Gasteiger partial charge is 0.305 e. The van der Waals surface area contributed by atoms with Crippen molar-refractivity contribution in [1.29, 1.82) is 0 Å². The molecule has 0 radical (unpaired) electrons. The monoisotopic (exact) mass is 386 g/mol. The number of unbranched alkanes of at least 4 members (excludes halogenated alkanes) is 1. The minimum atomic E-state index is -3.04. The number of ether oxygens (including phenoxy) is 1. The molecule has 3 atom stereocenters. The highest BCUT2D eigenvalue weighted by Crippen LogP contribution is 2.32. The first-order valence-electron chi connectivity index (χ1n) is 9.81. The van der Waals surface area contributed by atoms with Crippen molar-refractivity contribution in [2.45, 2.75) is 76.7 Å². The van der Waals surface area contributed by atoms with Crippen LogP contribution in [-0.2, 0) is 14.3 Å². The topological polar surface area (TPSA) is 63.6 Å². The Hall–Kier alpha value is -1.56. The third-order valence-electron chi connectivity index (χ3n) is 5.01. The Morgan fingerprint density at radius 1 is 1.37 bits per heavy atom. The summed E-state index contributed by atoms with van der Waals surface area (Å²) in [7, 11) is 1.36. The number of carbonyl (C=O) groups excluding carboxylic acids is 2. The minimum absolute atomic E-state index is 0.0317. The molecule has 27 heavy (non-hydrogen) atoms. The van der Waals surface area contributed by atoms with Gasteiger partial charge in [-0.1, -0.05) is 38.0 Å². The van der Waals surface area contributed by atoms with Gasteiger partial charge in [0.15, 0.2) is 5.78 Å². The van der Waals surface area contributed by atoms with E-state index in [1.807, 2.05) is 18.2 Å². The summed E-state index contributed by atoms with van der Waals surface area (Å²) in [6, 6.07) is 0. The number of hydrogen-bond donors (Lipinski definition) is 1. The van der Waals surface area contributed by atoms with Gasteiger partial charge in [-0.15, -0.1) is 0 Å². The highest BCUT2D eigenvalue weighted by atomic mass is 19.3. The molecule has 0 aromatic rings. The number of carbonyl (C=O) groups is 2. The van der Waals surface area contributed by atoms with E-state index in [0.29, 0.717) is 38.5 Å². The summed E-state index contributed by atoms with van der Waals surface area (Å²) in [5.74, 6) is -3.33. The molecular weight excluding hydrogens is 354 g/mol. The van der Waals surface area contributed by atoms with Crippen molar-refractivity contribution < 1.29 is 28.2 Å². The number of allylic oxidation sites excluding steroid dienone is 4. The molecule has 6 heteroatoms. The maximum atomic E-state index is 13.6. The zero-order valence-corrected chi connectivity index (χ0v) is 16.3. The predicted octanol–water partition coefficient (Wildman–Crippen LogP) is 4.61. The van der Waals surface area contributed by atoms with Gasteiger partial charge in [0.05, 0.1) is 7.11 Å². The molecule has 1 unspecified atom stereocenters. The molecule has 0 amide bonds. The average molecular weight is 386 g/mol. The Morgan fingerprint density at radius 3 is 2.78 bits per heavy atom. The van der Waals surface area contributed by atoms with E-state index in [9.17, 15) is 23.5 Å². The molecule has 0 aromatic carbocycles. The van der Waals surface area contributed by atoms with Gasteiger partial charge in [-0.05, 0) is 44.1 Å². The van der Waals surface area contributed by atoms with Crippen molar-refractivity contribution >= 4 is 11.8 Å². The fraction of sp³-hybridized carbons (Fsp3) is 0.714. The molecule has 4 nitrogen and oxygen atoms in total. The van der Waals surface area contributed by atoms with E-state index in [1.54, 1.807) is 13.0 Å². The zero-order valence-electron chi connectivity index (χ0n) is 16.3. The van der Waals surface area contributed by atoms with Crippen LogP contribution in [0.3, 0.4) is 0 Å². The Balaban J connectivity index is 2.35. The molecule has 1 aliphatic rings. The first-order valence-corrected chi connectivity index (χ1v) is 9.81. The number of aliphatic hydroxyl groups excluding tert-OH is 1. The van der Waals surface area contributed by atoms with E-state index in [4.69, 9.17) is 0 Å². The standard InChI is InChI=1S/C21H32F2O4/c1-3-15-21(22,23)19(25)11-8-9-16-13-14-18(24)17(16)10-6-4-5-7-12-20(26)27-2/h4,6,13-14,16-17,19,25H,3,5,7-12,15H2,1-2H3/b6-4-/t16-,17-,19?/m1/s1. The lowest BCUT2D eigenvalue weighted by Crippen LogP contribution is -2.33. The second kappa shape index (κ2) is 12.0. The van der Waals surface area contributed by atoms with Gasteiger partial charge in [0.1, 0.15) is 6.10 Å². The van der Waals surface area contributed by atoms with E-state index in [2.05, 4.69) is 4.74 Å². The van der Waals surface area contributed by atoms with Gasteiger partial charge >= 0.3 is 5.97 Å². The van der Waals surface area contributed by atoms with E-state index in [0.717, 1.165) is 6.42 Å². The molecule has 0 heterocycles. The lowest BCUT2D eigenvalue weighted by atomic mass is 9.86. The predicted molar refractivity (Wildman–Crippen MR) is 100 cm³/mol. The maximum absolute atomic E-state index is 13.6.